The first kappa shape index (κ1) is 16.4. The SMILES string of the molecule is C.CNC(=O)C(C)OC(=O)c1cc(-c2ccccc2)n[nH]1. The molecule has 1 amide bonds. The van der Waals surface area contributed by atoms with Crippen LogP contribution in [0, 0.1) is 0 Å². The van der Waals surface area contributed by atoms with Gasteiger partial charge in [-0.1, -0.05) is 37.8 Å². The fourth-order valence-corrected chi connectivity index (χ4v) is 1.66. The Morgan fingerprint density at radius 3 is 2.57 bits per heavy atom. The molecule has 1 unspecified atom stereocenters. The van der Waals surface area contributed by atoms with Crippen molar-refractivity contribution in [3.05, 3.63) is 42.1 Å². The third-order valence-electron chi connectivity index (χ3n) is 2.77. The van der Waals surface area contributed by atoms with Crippen LogP contribution in [0.4, 0.5) is 0 Å². The Morgan fingerprint density at radius 1 is 1.29 bits per heavy atom. The van der Waals surface area contributed by atoms with Gasteiger partial charge in [0.1, 0.15) is 5.69 Å². The number of likely N-dealkylation sites (N-methyl/N-ethyl adjacent to an activating group) is 1. The van der Waals surface area contributed by atoms with Crippen LogP contribution in [0.25, 0.3) is 11.3 Å². The Kier molecular flexibility index (Phi) is 5.66. The smallest absolute Gasteiger partial charge is 0.357 e. The van der Waals surface area contributed by atoms with Gasteiger partial charge in [-0.25, -0.2) is 4.79 Å². The Balaban J connectivity index is 0.00000220. The van der Waals surface area contributed by atoms with Crippen molar-refractivity contribution in [1.82, 2.24) is 15.5 Å². The molecule has 1 aromatic heterocycles. The quantitative estimate of drug-likeness (QED) is 0.843. The van der Waals surface area contributed by atoms with Crippen LogP contribution in [0.1, 0.15) is 24.8 Å². The molecule has 21 heavy (non-hydrogen) atoms. The average Bonchev–Trinajstić information content (AvgIpc) is 2.97. The van der Waals surface area contributed by atoms with Crippen LogP contribution in [0.15, 0.2) is 36.4 Å². The van der Waals surface area contributed by atoms with Crippen molar-refractivity contribution in [2.75, 3.05) is 7.05 Å². The minimum atomic E-state index is -0.851. The molecule has 0 aliphatic rings. The molecule has 0 aliphatic carbocycles. The van der Waals surface area contributed by atoms with Gasteiger partial charge in [-0.3, -0.25) is 9.89 Å². The first-order valence-corrected chi connectivity index (χ1v) is 6.15. The van der Waals surface area contributed by atoms with E-state index < -0.39 is 12.1 Å². The van der Waals surface area contributed by atoms with Crippen molar-refractivity contribution < 1.29 is 14.3 Å². The van der Waals surface area contributed by atoms with E-state index in [-0.39, 0.29) is 19.0 Å². The summed E-state index contributed by atoms with van der Waals surface area (Å²) in [6.45, 7) is 1.51. The van der Waals surface area contributed by atoms with E-state index in [1.807, 2.05) is 30.3 Å². The van der Waals surface area contributed by atoms with Gasteiger partial charge in [-0.15, -0.1) is 0 Å². The monoisotopic (exact) mass is 289 g/mol. The number of aromatic nitrogens is 2. The van der Waals surface area contributed by atoms with Gasteiger partial charge in [0.15, 0.2) is 6.10 Å². The van der Waals surface area contributed by atoms with Crippen LogP contribution in [-0.2, 0) is 9.53 Å². The van der Waals surface area contributed by atoms with Gasteiger partial charge >= 0.3 is 5.97 Å². The lowest BCUT2D eigenvalue weighted by Gasteiger charge is -2.10. The van der Waals surface area contributed by atoms with Gasteiger partial charge in [0, 0.05) is 12.6 Å². The molecule has 6 nitrogen and oxygen atoms in total. The highest BCUT2D eigenvalue weighted by Gasteiger charge is 2.19. The maximum absolute atomic E-state index is 11.8. The van der Waals surface area contributed by atoms with E-state index in [9.17, 15) is 9.59 Å². The van der Waals surface area contributed by atoms with Crippen molar-refractivity contribution in [1.29, 1.82) is 0 Å². The van der Waals surface area contributed by atoms with Gasteiger partial charge in [0.25, 0.3) is 5.91 Å². The standard InChI is InChI=1S/C14H15N3O3.CH4/c1-9(13(18)15-2)20-14(19)12-8-11(16-17-12)10-6-4-3-5-7-10;/h3-9H,1-2H3,(H,15,18)(H,16,17);1H4. The summed E-state index contributed by atoms with van der Waals surface area (Å²) in [5, 5.41) is 9.07. The van der Waals surface area contributed by atoms with E-state index in [1.54, 1.807) is 6.07 Å². The lowest BCUT2D eigenvalue weighted by atomic mass is 10.1. The fraction of sp³-hybridized carbons (Fsp3) is 0.267. The number of aromatic amines is 1. The van der Waals surface area contributed by atoms with Gasteiger partial charge in [0.05, 0.1) is 5.69 Å². The molecule has 6 heteroatoms. The third kappa shape index (κ3) is 3.92. The number of rotatable bonds is 4. The second-order valence-corrected chi connectivity index (χ2v) is 4.19. The summed E-state index contributed by atoms with van der Waals surface area (Å²) in [6, 6.07) is 11.0. The molecule has 0 fully saturated rings. The number of carbonyl (C=O) groups excluding carboxylic acids is 2. The Labute approximate surface area is 123 Å². The zero-order valence-electron chi connectivity index (χ0n) is 11.2. The molecule has 0 spiro atoms. The molecule has 0 saturated carbocycles. The van der Waals surface area contributed by atoms with Crippen molar-refractivity contribution in [2.45, 2.75) is 20.5 Å². The van der Waals surface area contributed by atoms with Crippen LogP contribution in [0.5, 0.6) is 0 Å². The normalized spacial score (nSPS) is 11.1. The van der Waals surface area contributed by atoms with E-state index in [0.717, 1.165) is 5.56 Å². The van der Waals surface area contributed by atoms with Crippen molar-refractivity contribution in [3.63, 3.8) is 0 Å². The number of benzene rings is 1. The summed E-state index contributed by atoms with van der Waals surface area (Å²) >= 11 is 0. The zero-order chi connectivity index (χ0) is 14.5. The van der Waals surface area contributed by atoms with E-state index in [2.05, 4.69) is 15.5 Å². The number of nitrogens with one attached hydrogen (secondary N) is 2. The summed E-state index contributed by atoms with van der Waals surface area (Å²) in [7, 11) is 1.48. The molecule has 0 radical (unpaired) electrons. The summed E-state index contributed by atoms with van der Waals surface area (Å²) < 4.78 is 5.02. The van der Waals surface area contributed by atoms with Crippen LogP contribution < -0.4 is 5.32 Å². The molecule has 112 valence electrons. The number of hydrogen-bond donors (Lipinski definition) is 2. The summed E-state index contributed by atoms with van der Waals surface area (Å²) in [5.41, 5.74) is 1.74. The summed E-state index contributed by atoms with van der Waals surface area (Å²) in [5.74, 6) is -0.975. The van der Waals surface area contributed by atoms with Crippen molar-refractivity contribution >= 4 is 11.9 Å². The minimum Gasteiger partial charge on any atom is -0.448 e. The number of nitrogens with zero attached hydrogens (tertiary/aromatic N) is 1. The summed E-state index contributed by atoms with van der Waals surface area (Å²) in [4.78, 5) is 23.1. The van der Waals surface area contributed by atoms with Gasteiger partial charge in [0.2, 0.25) is 0 Å². The lowest BCUT2D eigenvalue weighted by Crippen LogP contribution is -2.33. The van der Waals surface area contributed by atoms with Gasteiger partial charge < -0.3 is 10.1 Å². The highest BCUT2D eigenvalue weighted by Crippen LogP contribution is 2.17. The largest absolute Gasteiger partial charge is 0.448 e. The molecular formula is C15H19N3O3. The van der Waals surface area contributed by atoms with Crippen molar-refractivity contribution in [2.24, 2.45) is 0 Å². The first-order chi connectivity index (χ1) is 9.61. The predicted octanol–water partition coefficient (Wildman–Crippen LogP) is 2.00. The van der Waals surface area contributed by atoms with Crippen LogP contribution in [0.3, 0.4) is 0 Å². The number of H-pyrrole nitrogens is 1. The molecule has 2 rings (SSSR count). The van der Waals surface area contributed by atoms with Crippen molar-refractivity contribution in [3.8, 4) is 11.3 Å². The lowest BCUT2D eigenvalue weighted by molar-refractivity contribution is -0.128. The molecule has 0 aliphatic heterocycles. The first-order valence-electron chi connectivity index (χ1n) is 6.15. The van der Waals surface area contributed by atoms with E-state index >= 15 is 0 Å². The van der Waals surface area contributed by atoms with Crippen LogP contribution in [-0.4, -0.2) is 35.2 Å². The van der Waals surface area contributed by atoms with Crippen LogP contribution in [0.2, 0.25) is 0 Å². The molecule has 0 saturated heterocycles. The molecule has 2 aromatic rings. The number of ether oxygens (including phenoxy) is 1. The average molecular weight is 289 g/mol. The van der Waals surface area contributed by atoms with E-state index in [1.165, 1.54) is 14.0 Å². The van der Waals surface area contributed by atoms with E-state index in [0.29, 0.717) is 5.69 Å². The fourth-order valence-electron chi connectivity index (χ4n) is 1.66. The van der Waals surface area contributed by atoms with Gasteiger partial charge in [-0.05, 0) is 13.0 Å². The second-order valence-electron chi connectivity index (χ2n) is 4.19. The summed E-state index contributed by atoms with van der Waals surface area (Å²) in [6.07, 6.45) is -0.851. The minimum absolute atomic E-state index is 0. The number of hydrogen-bond acceptors (Lipinski definition) is 4. The maximum atomic E-state index is 11.8. The Bertz CT molecular complexity index is 608. The zero-order valence-corrected chi connectivity index (χ0v) is 11.2. The topological polar surface area (TPSA) is 84.1 Å². The van der Waals surface area contributed by atoms with E-state index in [4.69, 9.17) is 4.74 Å². The Hall–Kier alpha value is -2.63. The molecule has 2 N–H and O–H groups in total. The number of carbonyl (C=O) groups is 2. The van der Waals surface area contributed by atoms with Crippen LogP contribution >= 0.6 is 0 Å². The Morgan fingerprint density at radius 2 is 1.95 bits per heavy atom. The highest BCUT2D eigenvalue weighted by molar-refractivity contribution is 5.91. The molecule has 1 atom stereocenters. The van der Waals surface area contributed by atoms with Gasteiger partial charge in [-0.2, -0.15) is 5.10 Å². The predicted molar refractivity (Wildman–Crippen MR) is 79.7 cm³/mol. The molecule has 1 aromatic carbocycles. The molecule has 0 bridgehead atoms. The maximum Gasteiger partial charge on any atom is 0.357 e. The number of amides is 1. The second kappa shape index (κ2) is 7.23. The molecule has 1 heterocycles. The number of esters is 1. The molecular weight excluding hydrogens is 270 g/mol. The highest BCUT2D eigenvalue weighted by atomic mass is 16.5. The third-order valence-corrected chi connectivity index (χ3v) is 2.77.